The number of hydrogen-bond donors (Lipinski definition) is 2. The zero-order valence-corrected chi connectivity index (χ0v) is 13.1. The lowest BCUT2D eigenvalue weighted by Gasteiger charge is -2.19. The Hall–Kier alpha value is -1.63. The quantitative estimate of drug-likeness (QED) is 0.814. The van der Waals surface area contributed by atoms with Gasteiger partial charge in [0.25, 0.3) is 5.91 Å². The molecule has 0 unspecified atom stereocenters. The van der Waals surface area contributed by atoms with Crippen molar-refractivity contribution in [1.29, 1.82) is 0 Å². The molecule has 0 aliphatic rings. The normalized spacial score (nSPS) is 11.0. The second kappa shape index (κ2) is 7.23. The number of ether oxygens (including phenoxy) is 1. The van der Waals surface area contributed by atoms with Crippen molar-refractivity contribution in [3.63, 3.8) is 0 Å². The summed E-state index contributed by atoms with van der Waals surface area (Å²) in [4.78, 5) is 27.8. The molecule has 1 heterocycles. The molecule has 0 fully saturated rings. The third-order valence-electron chi connectivity index (χ3n) is 2.16. The van der Waals surface area contributed by atoms with Crippen molar-refractivity contribution < 1.29 is 14.3 Å². The van der Waals surface area contributed by atoms with Gasteiger partial charge in [0.05, 0.1) is 11.2 Å². The fourth-order valence-corrected chi connectivity index (χ4v) is 2.09. The summed E-state index contributed by atoms with van der Waals surface area (Å²) in [7, 11) is 0. The maximum atomic E-state index is 11.8. The molecule has 0 bridgehead atoms. The summed E-state index contributed by atoms with van der Waals surface area (Å²) in [5, 5.41) is 6.22. The van der Waals surface area contributed by atoms with Gasteiger partial charge in [0.2, 0.25) is 0 Å². The largest absolute Gasteiger partial charge is 0.444 e. The summed E-state index contributed by atoms with van der Waals surface area (Å²) in [6, 6.07) is 0. The standard InChI is InChI=1S/C13H21N3O3S/c1-5-10-16-8-9(20-10)11(17)14-6-7-15-12(18)19-13(2,3)4/h8H,5-7H2,1-4H3,(H,14,17)(H,15,18). The van der Waals surface area contributed by atoms with E-state index >= 15 is 0 Å². The SMILES string of the molecule is CCc1ncc(C(=O)NCCNC(=O)OC(C)(C)C)s1. The minimum absolute atomic E-state index is 0.173. The lowest BCUT2D eigenvalue weighted by molar-refractivity contribution is 0.0526. The molecule has 0 aliphatic heterocycles. The van der Waals surface area contributed by atoms with Crippen LogP contribution in [0.3, 0.4) is 0 Å². The number of rotatable bonds is 5. The summed E-state index contributed by atoms with van der Waals surface area (Å²) in [5.41, 5.74) is -0.521. The van der Waals surface area contributed by atoms with Crippen LogP contribution in [-0.2, 0) is 11.2 Å². The Morgan fingerprint density at radius 1 is 1.30 bits per heavy atom. The lowest BCUT2D eigenvalue weighted by atomic mass is 10.2. The monoisotopic (exact) mass is 299 g/mol. The summed E-state index contributed by atoms with van der Waals surface area (Å²) in [6.07, 6.45) is 1.90. The summed E-state index contributed by atoms with van der Waals surface area (Å²) in [5.74, 6) is -0.173. The van der Waals surface area contributed by atoms with E-state index in [1.165, 1.54) is 11.3 Å². The number of alkyl carbamates (subject to hydrolysis) is 1. The molecule has 6 nitrogen and oxygen atoms in total. The summed E-state index contributed by atoms with van der Waals surface area (Å²) < 4.78 is 5.08. The molecular formula is C13H21N3O3S. The predicted octanol–water partition coefficient (Wildman–Crippen LogP) is 1.96. The van der Waals surface area contributed by atoms with Crippen molar-refractivity contribution in [1.82, 2.24) is 15.6 Å². The number of hydrogen-bond acceptors (Lipinski definition) is 5. The van der Waals surface area contributed by atoms with Crippen LogP contribution in [0.5, 0.6) is 0 Å². The predicted molar refractivity (Wildman–Crippen MR) is 78.1 cm³/mol. The highest BCUT2D eigenvalue weighted by atomic mass is 32.1. The van der Waals surface area contributed by atoms with E-state index < -0.39 is 11.7 Å². The Morgan fingerprint density at radius 2 is 1.95 bits per heavy atom. The van der Waals surface area contributed by atoms with Crippen LogP contribution in [0.1, 0.15) is 42.4 Å². The van der Waals surface area contributed by atoms with Crippen molar-refractivity contribution in [3.05, 3.63) is 16.1 Å². The van der Waals surface area contributed by atoms with Crippen LogP contribution in [0.15, 0.2) is 6.20 Å². The highest BCUT2D eigenvalue weighted by Gasteiger charge is 2.15. The number of aromatic nitrogens is 1. The Labute approximate surface area is 122 Å². The van der Waals surface area contributed by atoms with Crippen molar-refractivity contribution in [2.75, 3.05) is 13.1 Å². The molecule has 0 aliphatic carbocycles. The fraction of sp³-hybridized carbons (Fsp3) is 0.615. The van der Waals surface area contributed by atoms with Gasteiger partial charge in [-0.2, -0.15) is 0 Å². The van der Waals surface area contributed by atoms with Gasteiger partial charge >= 0.3 is 6.09 Å². The molecule has 112 valence electrons. The smallest absolute Gasteiger partial charge is 0.407 e. The second-order valence-electron chi connectivity index (χ2n) is 5.16. The average Bonchev–Trinajstić information content (AvgIpc) is 2.81. The van der Waals surface area contributed by atoms with Gasteiger partial charge in [-0.3, -0.25) is 4.79 Å². The molecule has 20 heavy (non-hydrogen) atoms. The van der Waals surface area contributed by atoms with Gasteiger partial charge in [-0.1, -0.05) is 6.92 Å². The Bertz CT molecular complexity index is 466. The van der Waals surface area contributed by atoms with E-state index in [9.17, 15) is 9.59 Å². The van der Waals surface area contributed by atoms with E-state index in [1.54, 1.807) is 27.0 Å². The van der Waals surface area contributed by atoms with E-state index in [0.717, 1.165) is 11.4 Å². The number of amides is 2. The van der Waals surface area contributed by atoms with Crippen LogP contribution in [-0.4, -0.2) is 35.7 Å². The minimum Gasteiger partial charge on any atom is -0.444 e. The van der Waals surface area contributed by atoms with Crippen LogP contribution in [0.4, 0.5) is 4.79 Å². The molecule has 1 aromatic rings. The molecule has 1 rings (SSSR count). The first kappa shape index (κ1) is 16.4. The van der Waals surface area contributed by atoms with Gasteiger partial charge in [-0.05, 0) is 27.2 Å². The van der Waals surface area contributed by atoms with E-state index in [1.807, 2.05) is 6.92 Å². The number of carbonyl (C=O) groups is 2. The maximum Gasteiger partial charge on any atom is 0.407 e. The third kappa shape index (κ3) is 6.01. The zero-order valence-electron chi connectivity index (χ0n) is 12.3. The number of aryl methyl sites for hydroxylation is 1. The fourth-order valence-electron chi connectivity index (χ4n) is 1.32. The third-order valence-corrected chi connectivity index (χ3v) is 3.30. The van der Waals surface area contributed by atoms with Gasteiger partial charge in [0.1, 0.15) is 10.5 Å². The van der Waals surface area contributed by atoms with Gasteiger partial charge in [-0.15, -0.1) is 11.3 Å². The first-order valence-corrected chi connectivity index (χ1v) is 7.33. The molecule has 0 aromatic carbocycles. The van der Waals surface area contributed by atoms with Gasteiger partial charge in [-0.25, -0.2) is 9.78 Å². The maximum absolute atomic E-state index is 11.8. The number of nitrogens with one attached hydrogen (secondary N) is 2. The Balaban J connectivity index is 2.24. The molecule has 0 radical (unpaired) electrons. The van der Waals surface area contributed by atoms with E-state index in [2.05, 4.69) is 15.6 Å². The molecule has 2 N–H and O–H groups in total. The van der Waals surface area contributed by atoms with Crippen LogP contribution in [0, 0.1) is 0 Å². The van der Waals surface area contributed by atoms with Crippen molar-refractivity contribution >= 4 is 23.3 Å². The van der Waals surface area contributed by atoms with Crippen LogP contribution < -0.4 is 10.6 Å². The first-order valence-electron chi connectivity index (χ1n) is 6.51. The minimum atomic E-state index is -0.521. The molecule has 7 heteroatoms. The number of thiazole rings is 1. The molecule has 0 atom stereocenters. The lowest BCUT2D eigenvalue weighted by Crippen LogP contribution is -2.37. The molecule has 1 aromatic heterocycles. The molecule has 2 amide bonds. The van der Waals surface area contributed by atoms with Crippen molar-refractivity contribution in [2.24, 2.45) is 0 Å². The molecule has 0 saturated carbocycles. The van der Waals surface area contributed by atoms with Crippen LogP contribution >= 0.6 is 11.3 Å². The van der Waals surface area contributed by atoms with Crippen LogP contribution in [0.25, 0.3) is 0 Å². The average molecular weight is 299 g/mol. The van der Waals surface area contributed by atoms with Gasteiger partial charge in [0.15, 0.2) is 0 Å². The summed E-state index contributed by atoms with van der Waals surface area (Å²) in [6.45, 7) is 8.04. The molecule has 0 saturated heterocycles. The summed E-state index contributed by atoms with van der Waals surface area (Å²) >= 11 is 1.38. The first-order chi connectivity index (χ1) is 9.31. The van der Waals surface area contributed by atoms with E-state index in [-0.39, 0.29) is 5.91 Å². The van der Waals surface area contributed by atoms with Crippen LogP contribution in [0.2, 0.25) is 0 Å². The molecule has 0 spiro atoms. The van der Waals surface area contributed by atoms with E-state index in [0.29, 0.717) is 18.0 Å². The van der Waals surface area contributed by atoms with Gasteiger partial charge < -0.3 is 15.4 Å². The topological polar surface area (TPSA) is 80.3 Å². The van der Waals surface area contributed by atoms with Crippen molar-refractivity contribution in [3.8, 4) is 0 Å². The molecular weight excluding hydrogens is 278 g/mol. The number of carbonyl (C=O) groups excluding carboxylic acids is 2. The highest BCUT2D eigenvalue weighted by molar-refractivity contribution is 7.13. The second-order valence-corrected chi connectivity index (χ2v) is 6.27. The Morgan fingerprint density at radius 3 is 2.50 bits per heavy atom. The Kier molecular flexibility index (Phi) is 5.94. The van der Waals surface area contributed by atoms with Crippen molar-refractivity contribution in [2.45, 2.75) is 39.7 Å². The van der Waals surface area contributed by atoms with Gasteiger partial charge in [0, 0.05) is 13.1 Å². The highest BCUT2D eigenvalue weighted by Crippen LogP contribution is 2.12. The number of nitrogens with zero attached hydrogens (tertiary/aromatic N) is 1. The van der Waals surface area contributed by atoms with E-state index in [4.69, 9.17) is 4.74 Å². The zero-order chi connectivity index (χ0) is 15.2.